The molecule has 3 N–H and O–H groups in total. The summed E-state index contributed by atoms with van der Waals surface area (Å²) in [6.07, 6.45) is 0.135. The van der Waals surface area contributed by atoms with Gasteiger partial charge >= 0.3 is 0 Å². The monoisotopic (exact) mass is 282 g/mol. The van der Waals surface area contributed by atoms with Gasteiger partial charge in [0, 0.05) is 18.2 Å². The van der Waals surface area contributed by atoms with Crippen LogP contribution in [0.5, 0.6) is 5.75 Å². The molecule has 1 aliphatic heterocycles. The minimum absolute atomic E-state index is 0.0613. The van der Waals surface area contributed by atoms with Gasteiger partial charge in [-0.05, 0) is 36.2 Å². The van der Waals surface area contributed by atoms with Crippen molar-refractivity contribution in [3.63, 3.8) is 0 Å². The molecule has 1 amide bonds. The number of benzene rings is 2. The SMILES string of the molecule is CC(N)c1cccc(NC(=O)C2Cc3ccccc3O2)c1. The van der Waals surface area contributed by atoms with Crippen molar-refractivity contribution in [1.82, 2.24) is 0 Å². The van der Waals surface area contributed by atoms with Gasteiger partial charge < -0.3 is 15.8 Å². The summed E-state index contributed by atoms with van der Waals surface area (Å²) in [5, 5.41) is 2.89. The summed E-state index contributed by atoms with van der Waals surface area (Å²) in [5.74, 6) is 0.662. The second-order valence-corrected chi connectivity index (χ2v) is 5.32. The van der Waals surface area contributed by atoms with Gasteiger partial charge in [0.15, 0.2) is 6.10 Å². The van der Waals surface area contributed by atoms with Crippen LogP contribution < -0.4 is 15.8 Å². The molecule has 0 radical (unpaired) electrons. The van der Waals surface area contributed by atoms with Gasteiger partial charge in [0.2, 0.25) is 0 Å². The average Bonchev–Trinajstić information content (AvgIpc) is 2.91. The van der Waals surface area contributed by atoms with Gasteiger partial charge in [0.05, 0.1) is 0 Å². The van der Waals surface area contributed by atoms with E-state index in [4.69, 9.17) is 10.5 Å². The minimum Gasteiger partial charge on any atom is -0.480 e. The van der Waals surface area contributed by atoms with E-state index in [-0.39, 0.29) is 11.9 Å². The first-order chi connectivity index (χ1) is 10.1. The second kappa shape index (κ2) is 5.58. The predicted octanol–water partition coefficient (Wildman–Crippen LogP) is 2.65. The number of hydrogen-bond acceptors (Lipinski definition) is 3. The molecule has 0 aromatic heterocycles. The Hall–Kier alpha value is -2.33. The summed E-state index contributed by atoms with van der Waals surface area (Å²) < 4.78 is 5.68. The molecule has 0 aliphatic carbocycles. The lowest BCUT2D eigenvalue weighted by Crippen LogP contribution is -2.31. The lowest BCUT2D eigenvalue weighted by Gasteiger charge is -2.13. The van der Waals surface area contributed by atoms with Crippen molar-refractivity contribution in [3.05, 3.63) is 59.7 Å². The molecule has 4 heteroatoms. The molecule has 3 rings (SSSR count). The third-order valence-electron chi connectivity index (χ3n) is 3.62. The molecule has 1 aliphatic rings. The van der Waals surface area contributed by atoms with Gasteiger partial charge in [-0.25, -0.2) is 0 Å². The number of carbonyl (C=O) groups excluding carboxylic acids is 1. The van der Waals surface area contributed by atoms with Crippen LogP contribution in [-0.4, -0.2) is 12.0 Å². The van der Waals surface area contributed by atoms with Crippen LogP contribution in [0.4, 0.5) is 5.69 Å². The quantitative estimate of drug-likeness (QED) is 0.909. The first kappa shape index (κ1) is 13.6. The number of hydrogen-bond donors (Lipinski definition) is 2. The number of fused-ring (bicyclic) bond motifs is 1. The molecule has 4 nitrogen and oxygen atoms in total. The Morgan fingerprint density at radius 3 is 2.86 bits per heavy atom. The Kier molecular flexibility index (Phi) is 3.62. The molecule has 0 spiro atoms. The van der Waals surface area contributed by atoms with Crippen LogP contribution >= 0.6 is 0 Å². The van der Waals surface area contributed by atoms with Crippen LogP contribution in [0.15, 0.2) is 48.5 Å². The fourth-order valence-corrected chi connectivity index (χ4v) is 2.45. The number of para-hydroxylation sites is 1. The highest BCUT2D eigenvalue weighted by atomic mass is 16.5. The summed E-state index contributed by atoms with van der Waals surface area (Å²) >= 11 is 0. The lowest BCUT2D eigenvalue weighted by atomic mass is 10.1. The summed E-state index contributed by atoms with van der Waals surface area (Å²) in [6, 6.07) is 15.3. The molecule has 2 aromatic carbocycles. The highest BCUT2D eigenvalue weighted by molar-refractivity contribution is 5.95. The van der Waals surface area contributed by atoms with Gasteiger partial charge in [-0.3, -0.25) is 4.79 Å². The largest absolute Gasteiger partial charge is 0.480 e. The van der Waals surface area contributed by atoms with Gasteiger partial charge in [-0.1, -0.05) is 30.3 Å². The maximum atomic E-state index is 12.3. The number of ether oxygens (including phenoxy) is 1. The number of amides is 1. The van der Waals surface area contributed by atoms with Crippen molar-refractivity contribution in [2.75, 3.05) is 5.32 Å². The molecule has 2 aromatic rings. The molecule has 2 atom stereocenters. The minimum atomic E-state index is -0.471. The molecule has 0 saturated carbocycles. The third kappa shape index (κ3) is 2.90. The van der Waals surface area contributed by atoms with E-state index in [1.54, 1.807) is 0 Å². The van der Waals surface area contributed by atoms with E-state index >= 15 is 0 Å². The Bertz CT molecular complexity index is 642. The molecule has 0 bridgehead atoms. The molecule has 21 heavy (non-hydrogen) atoms. The van der Waals surface area contributed by atoms with Crippen molar-refractivity contribution in [1.29, 1.82) is 0 Å². The van der Waals surface area contributed by atoms with Crippen molar-refractivity contribution in [3.8, 4) is 5.75 Å². The van der Waals surface area contributed by atoms with E-state index < -0.39 is 6.10 Å². The number of anilines is 1. The lowest BCUT2D eigenvalue weighted by molar-refractivity contribution is -0.122. The van der Waals surface area contributed by atoms with Crippen LogP contribution in [0.2, 0.25) is 0 Å². The second-order valence-electron chi connectivity index (χ2n) is 5.32. The Labute approximate surface area is 123 Å². The Balaban J connectivity index is 1.69. The van der Waals surface area contributed by atoms with Crippen LogP contribution in [0.25, 0.3) is 0 Å². The van der Waals surface area contributed by atoms with Crippen molar-refractivity contribution < 1.29 is 9.53 Å². The molecule has 2 unspecified atom stereocenters. The normalized spacial score (nSPS) is 17.7. The van der Waals surface area contributed by atoms with Crippen molar-refractivity contribution >= 4 is 11.6 Å². The number of nitrogens with two attached hydrogens (primary N) is 1. The Morgan fingerprint density at radius 1 is 1.29 bits per heavy atom. The Morgan fingerprint density at radius 2 is 2.10 bits per heavy atom. The average molecular weight is 282 g/mol. The topological polar surface area (TPSA) is 64.3 Å². The van der Waals surface area contributed by atoms with E-state index in [1.807, 2.05) is 55.5 Å². The number of rotatable bonds is 3. The summed E-state index contributed by atoms with van der Waals surface area (Å²) in [7, 11) is 0. The van der Waals surface area contributed by atoms with E-state index in [0.717, 1.165) is 22.6 Å². The smallest absolute Gasteiger partial charge is 0.265 e. The molecule has 108 valence electrons. The van der Waals surface area contributed by atoms with Crippen LogP contribution in [0.1, 0.15) is 24.1 Å². The number of nitrogens with one attached hydrogen (secondary N) is 1. The van der Waals surface area contributed by atoms with E-state index in [0.29, 0.717) is 6.42 Å². The van der Waals surface area contributed by atoms with Crippen molar-refractivity contribution in [2.45, 2.75) is 25.5 Å². The van der Waals surface area contributed by atoms with E-state index in [2.05, 4.69) is 5.32 Å². The third-order valence-corrected chi connectivity index (χ3v) is 3.62. The zero-order valence-corrected chi connectivity index (χ0v) is 11.9. The van der Waals surface area contributed by atoms with Gasteiger partial charge in [-0.2, -0.15) is 0 Å². The highest BCUT2D eigenvalue weighted by Crippen LogP contribution is 2.28. The van der Waals surface area contributed by atoms with E-state index in [9.17, 15) is 4.79 Å². The van der Waals surface area contributed by atoms with E-state index in [1.165, 1.54) is 0 Å². The molecule has 0 saturated heterocycles. The van der Waals surface area contributed by atoms with Crippen molar-refractivity contribution in [2.24, 2.45) is 5.73 Å². The van der Waals surface area contributed by atoms with Gasteiger partial charge in [-0.15, -0.1) is 0 Å². The first-order valence-corrected chi connectivity index (χ1v) is 7.04. The zero-order valence-electron chi connectivity index (χ0n) is 11.9. The van der Waals surface area contributed by atoms with Crippen LogP contribution in [0.3, 0.4) is 0 Å². The fourth-order valence-electron chi connectivity index (χ4n) is 2.45. The standard InChI is InChI=1S/C17H18N2O2/c1-11(18)12-6-4-7-14(9-12)19-17(20)16-10-13-5-2-3-8-15(13)21-16/h2-9,11,16H,10,18H2,1H3,(H,19,20). The maximum Gasteiger partial charge on any atom is 0.265 e. The highest BCUT2D eigenvalue weighted by Gasteiger charge is 2.28. The summed E-state index contributed by atoms with van der Waals surface area (Å²) in [4.78, 5) is 12.3. The van der Waals surface area contributed by atoms with Gasteiger partial charge in [0.25, 0.3) is 5.91 Å². The van der Waals surface area contributed by atoms with Crippen LogP contribution in [0, 0.1) is 0 Å². The fraction of sp³-hybridized carbons (Fsp3) is 0.235. The first-order valence-electron chi connectivity index (χ1n) is 7.04. The zero-order chi connectivity index (χ0) is 14.8. The molecular weight excluding hydrogens is 264 g/mol. The van der Waals surface area contributed by atoms with Crippen LogP contribution in [-0.2, 0) is 11.2 Å². The summed E-state index contributed by atoms with van der Waals surface area (Å²) in [6.45, 7) is 1.91. The molecule has 0 fully saturated rings. The molecular formula is C17H18N2O2. The summed E-state index contributed by atoms with van der Waals surface area (Å²) in [5.41, 5.74) is 8.66. The molecule has 1 heterocycles. The van der Waals surface area contributed by atoms with Gasteiger partial charge in [0.1, 0.15) is 5.75 Å². The number of carbonyl (C=O) groups is 1. The maximum absolute atomic E-state index is 12.3. The predicted molar refractivity (Wildman–Crippen MR) is 82.2 cm³/mol.